The number of rotatable bonds is 0. The number of aryl methyl sites for hydroxylation is 1. The maximum atomic E-state index is 3.60. The summed E-state index contributed by atoms with van der Waals surface area (Å²) >= 11 is 3.54. The Kier molecular flexibility index (Phi) is 2.45. The van der Waals surface area contributed by atoms with Crippen LogP contribution in [0.5, 0.6) is 0 Å². The van der Waals surface area contributed by atoms with E-state index >= 15 is 0 Å². The van der Waals surface area contributed by atoms with Gasteiger partial charge in [0.2, 0.25) is 0 Å². The largest absolute Gasteiger partial charge is 0.376 e. The number of fused-ring (bicyclic) bond motifs is 1. The standard InChI is InChI=1S/C12H17BrN2/c1-8-5-9(13)6-10-11(8)14-12(2,3)7-15(10)4/h5-6,14H,7H2,1-4H3. The van der Waals surface area contributed by atoms with Gasteiger partial charge >= 0.3 is 0 Å². The van der Waals surface area contributed by atoms with Crippen LogP contribution in [0.4, 0.5) is 11.4 Å². The average molecular weight is 269 g/mol. The molecular weight excluding hydrogens is 252 g/mol. The molecular formula is C12H17BrN2. The second-order valence-corrected chi connectivity index (χ2v) is 5.90. The molecule has 0 radical (unpaired) electrons. The van der Waals surface area contributed by atoms with Crippen LogP contribution in [-0.4, -0.2) is 19.1 Å². The first-order valence-electron chi connectivity index (χ1n) is 5.18. The number of nitrogens with zero attached hydrogens (tertiary/aromatic N) is 1. The number of likely N-dealkylation sites (N-methyl/N-ethyl adjacent to an activating group) is 1. The minimum atomic E-state index is 0.139. The second kappa shape index (κ2) is 3.41. The number of nitrogens with one attached hydrogen (secondary N) is 1. The summed E-state index contributed by atoms with van der Waals surface area (Å²) in [6.07, 6.45) is 0. The molecule has 0 bridgehead atoms. The fourth-order valence-corrected chi connectivity index (χ4v) is 2.81. The van der Waals surface area contributed by atoms with Crippen LogP contribution in [0.15, 0.2) is 16.6 Å². The summed E-state index contributed by atoms with van der Waals surface area (Å²) < 4.78 is 1.15. The molecule has 0 saturated carbocycles. The third kappa shape index (κ3) is 1.98. The smallest absolute Gasteiger partial charge is 0.0614 e. The molecule has 0 aromatic heterocycles. The van der Waals surface area contributed by atoms with Crippen LogP contribution < -0.4 is 10.2 Å². The van der Waals surface area contributed by atoms with Gasteiger partial charge < -0.3 is 10.2 Å². The molecule has 0 amide bonds. The quantitative estimate of drug-likeness (QED) is 0.776. The van der Waals surface area contributed by atoms with E-state index in [2.05, 4.69) is 66.1 Å². The molecule has 0 spiro atoms. The van der Waals surface area contributed by atoms with Gasteiger partial charge in [-0.05, 0) is 38.5 Å². The van der Waals surface area contributed by atoms with Gasteiger partial charge in [0.25, 0.3) is 0 Å². The van der Waals surface area contributed by atoms with Gasteiger partial charge in [0.05, 0.1) is 11.4 Å². The molecule has 1 aromatic rings. The summed E-state index contributed by atoms with van der Waals surface area (Å²) in [6, 6.07) is 4.33. The summed E-state index contributed by atoms with van der Waals surface area (Å²) in [4.78, 5) is 2.31. The predicted molar refractivity (Wildman–Crippen MR) is 69.9 cm³/mol. The number of halogens is 1. The minimum absolute atomic E-state index is 0.139. The maximum absolute atomic E-state index is 3.60. The topological polar surface area (TPSA) is 15.3 Å². The summed E-state index contributed by atoms with van der Waals surface area (Å²) in [5, 5.41) is 3.60. The Hall–Kier alpha value is -0.700. The zero-order valence-electron chi connectivity index (χ0n) is 9.69. The molecule has 1 aromatic carbocycles. The highest BCUT2D eigenvalue weighted by atomic mass is 79.9. The molecule has 2 nitrogen and oxygen atoms in total. The molecule has 1 N–H and O–H groups in total. The van der Waals surface area contributed by atoms with E-state index in [0.29, 0.717) is 0 Å². The molecule has 0 atom stereocenters. The Bertz CT molecular complexity index is 399. The maximum Gasteiger partial charge on any atom is 0.0614 e. The number of hydrogen-bond donors (Lipinski definition) is 1. The normalized spacial score (nSPS) is 18.3. The molecule has 0 saturated heterocycles. The molecule has 3 heteroatoms. The van der Waals surface area contributed by atoms with Crippen molar-refractivity contribution in [2.75, 3.05) is 23.8 Å². The van der Waals surface area contributed by atoms with E-state index in [1.54, 1.807) is 0 Å². The first kappa shape index (κ1) is 10.8. The van der Waals surface area contributed by atoms with Crippen molar-refractivity contribution in [1.82, 2.24) is 0 Å². The van der Waals surface area contributed by atoms with E-state index < -0.39 is 0 Å². The van der Waals surface area contributed by atoms with E-state index in [4.69, 9.17) is 0 Å². The van der Waals surface area contributed by atoms with E-state index in [1.165, 1.54) is 16.9 Å². The first-order valence-corrected chi connectivity index (χ1v) is 5.98. The predicted octanol–water partition coefficient (Wildman–Crippen LogP) is 3.40. The van der Waals surface area contributed by atoms with Gasteiger partial charge in [-0.2, -0.15) is 0 Å². The molecule has 1 heterocycles. The third-order valence-corrected chi connectivity index (χ3v) is 3.24. The fourth-order valence-electron chi connectivity index (χ4n) is 2.25. The van der Waals surface area contributed by atoms with Gasteiger partial charge in [-0.15, -0.1) is 0 Å². The molecule has 1 aliphatic heterocycles. The number of hydrogen-bond acceptors (Lipinski definition) is 2. The lowest BCUT2D eigenvalue weighted by Crippen LogP contribution is -2.47. The van der Waals surface area contributed by atoms with E-state index in [-0.39, 0.29) is 5.54 Å². The Balaban J connectivity index is 2.55. The Morgan fingerprint density at radius 1 is 1.40 bits per heavy atom. The molecule has 2 rings (SSSR count). The van der Waals surface area contributed by atoms with Crippen LogP contribution in [0.1, 0.15) is 19.4 Å². The average Bonchev–Trinajstić information content (AvgIpc) is 2.06. The van der Waals surface area contributed by atoms with Gasteiger partial charge in [0.15, 0.2) is 0 Å². The highest BCUT2D eigenvalue weighted by molar-refractivity contribution is 9.10. The lowest BCUT2D eigenvalue weighted by atomic mass is 9.98. The molecule has 0 aliphatic carbocycles. The van der Waals surface area contributed by atoms with Crippen LogP contribution in [0.3, 0.4) is 0 Å². The molecule has 0 fully saturated rings. The van der Waals surface area contributed by atoms with Gasteiger partial charge in [-0.3, -0.25) is 0 Å². The van der Waals surface area contributed by atoms with Crippen molar-refractivity contribution >= 4 is 27.3 Å². The van der Waals surface area contributed by atoms with Gasteiger partial charge in [-0.25, -0.2) is 0 Å². The van der Waals surface area contributed by atoms with Crippen molar-refractivity contribution in [2.45, 2.75) is 26.3 Å². The van der Waals surface area contributed by atoms with Crippen LogP contribution in [0.25, 0.3) is 0 Å². The summed E-state index contributed by atoms with van der Waals surface area (Å²) in [6.45, 7) is 7.63. The number of benzene rings is 1. The van der Waals surface area contributed by atoms with Gasteiger partial charge in [0, 0.05) is 23.6 Å². The van der Waals surface area contributed by atoms with E-state index in [1.807, 2.05) is 0 Å². The van der Waals surface area contributed by atoms with Crippen LogP contribution in [0.2, 0.25) is 0 Å². The van der Waals surface area contributed by atoms with Crippen molar-refractivity contribution in [1.29, 1.82) is 0 Å². The minimum Gasteiger partial charge on any atom is -0.376 e. The third-order valence-electron chi connectivity index (χ3n) is 2.79. The molecule has 82 valence electrons. The van der Waals surface area contributed by atoms with E-state index in [0.717, 1.165) is 11.0 Å². The highest BCUT2D eigenvalue weighted by Crippen LogP contribution is 2.38. The Labute approximate surface area is 99.8 Å². The van der Waals surface area contributed by atoms with Crippen LogP contribution >= 0.6 is 15.9 Å². The monoisotopic (exact) mass is 268 g/mol. The summed E-state index contributed by atoms with van der Waals surface area (Å²) in [5.41, 5.74) is 3.97. The van der Waals surface area contributed by atoms with Crippen molar-refractivity contribution in [2.24, 2.45) is 0 Å². The lowest BCUT2D eigenvalue weighted by molar-refractivity contribution is 0.549. The van der Waals surface area contributed by atoms with Crippen molar-refractivity contribution < 1.29 is 0 Å². The highest BCUT2D eigenvalue weighted by Gasteiger charge is 2.28. The zero-order valence-corrected chi connectivity index (χ0v) is 11.3. The van der Waals surface area contributed by atoms with Gasteiger partial charge in [0.1, 0.15) is 0 Å². The van der Waals surface area contributed by atoms with Crippen LogP contribution in [0, 0.1) is 6.92 Å². The summed E-state index contributed by atoms with van der Waals surface area (Å²) in [7, 11) is 2.15. The Morgan fingerprint density at radius 2 is 2.07 bits per heavy atom. The Morgan fingerprint density at radius 3 is 2.73 bits per heavy atom. The summed E-state index contributed by atoms with van der Waals surface area (Å²) in [5.74, 6) is 0. The van der Waals surface area contributed by atoms with Gasteiger partial charge in [-0.1, -0.05) is 15.9 Å². The SMILES string of the molecule is Cc1cc(Br)cc2c1NC(C)(C)CN2C. The van der Waals surface area contributed by atoms with Crippen molar-refractivity contribution in [3.63, 3.8) is 0 Å². The fraction of sp³-hybridized carbons (Fsp3) is 0.500. The zero-order chi connectivity index (χ0) is 11.2. The first-order chi connectivity index (χ1) is 6.89. The number of anilines is 2. The lowest BCUT2D eigenvalue weighted by Gasteiger charge is -2.41. The molecule has 1 aliphatic rings. The second-order valence-electron chi connectivity index (χ2n) is 4.98. The van der Waals surface area contributed by atoms with Crippen LogP contribution in [-0.2, 0) is 0 Å². The molecule has 0 unspecified atom stereocenters. The van der Waals surface area contributed by atoms with E-state index in [9.17, 15) is 0 Å². The van der Waals surface area contributed by atoms with Crippen molar-refractivity contribution in [3.05, 3.63) is 22.2 Å². The van der Waals surface area contributed by atoms with Crippen molar-refractivity contribution in [3.8, 4) is 0 Å². The molecule has 15 heavy (non-hydrogen) atoms.